The molecular formula is C20H31N3O6S. The zero-order valence-electron chi connectivity index (χ0n) is 17.8. The number of piperazine rings is 1. The van der Waals surface area contributed by atoms with Gasteiger partial charge < -0.3 is 15.3 Å². The highest BCUT2D eigenvalue weighted by atomic mass is 32.2. The van der Waals surface area contributed by atoms with Crippen LogP contribution >= 0.6 is 0 Å². The average molecular weight is 442 g/mol. The van der Waals surface area contributed by atoms with Crippen LogP contribution in [0.15, 0.2) is 23.1 Å². The lowest BCUT2D eigenvalue weighted by Gasteiger charge is -2.40. The second-order valence-electron chi connectivity index (χ2n) is 8.20. The van der Waals surface area contributed by atoms with Crippen molar-refractivity contribution in [2.45, 2.75) is 44.2 Å². The first-order valence-corrected chi connectivity index (χ1v) is 11.8. The molecule has 0 bridgehead atoms. The molecule has 1 aromatic rings. The van der Waals surface area contributed by atoms with Crippen LogP contribution in [0.1, 0.15) is 37.4 Å². The normalized spacial score (nSPS) is 19.4. The summed E-state index contributed by atoms with van der Waals surface area (Å²) in [5.41, 5.74) is 2.95. The van der Waals surface area contributed by atoms with Gasteiger partial charge in [-0.15, -0.1) is 0 Å². The number of benzene rings is 1. The number of aliphatic hydroxyl groups excluding tert-OH is 1. The number of hydrogen-bond acceptors (Lipinski definition) is 7. The molecule has 0 aromatic heterocycles. The fraction of sp³-hybridized carbons (Fsp3) is 0.600. The van der Waals surface area contributed by atoms with Crippen molar-refractivity contribution in [1.29, 1.82) is 0 Å². The standard InChI is InChI=1S/C20H31N3O6S/c1-12(2)9-16(18(24)19(25)22-27)20(26)23-8-7-21-11-17(23)15-6-5-14(10-13(15)3)30(4,28)29/h5-6,10,12,16-18,21,24,27H,7-9,11H2,1-4H3,(H,22,25)/t16-,17-,18-/m0/s1. The number of rotatable bonds is 7. The van der Waals surface area contributed by atoms with Gasteiger partial charge in [0.05, 0.1) is 16.9 Å². The van der Waals surface area contributed by atoms with Crippen LogP contribution in [0.25, 0.3) is 0 Å². The van der Waals surface area contributed by atoms with Gasteiger partial charge in [0, 0.05) is 25.9 Å². The Morgan fingerprint density at radius 2 is 2.00 bits per heavy atom. The maximum Gasteiger partial charge on any atom is 0.272 e. The van der Waals surface area contributed by atoms with Gasteiger partial charge in [0.15, 0.2) is 9.84 Å². The van der Waals surface area contributed by atoms with Gasteiger partial charge in [-0.05, 0) is 42.5 Å². The summed E-state index contributed by atoms with van der Waals surface area (Å²) < 4.78 is 23.7. The molecule has 0 aliphatic carbocycles. The van der Waals surface area contributed by atoms with Crippen LogP contribution in [0, 0.1) is 18.8 Å². The van der Waals surface area contributed by atoms with Crippen LogP contribution < -0.4 is 10.8 Å². The number of aryl methyl sites for hydroxylation is 1. The summed E-state index contributed by atoms with van der Waals surface area (Å²) >= 11 is 0. The molecule has 1 aliphatic rings. The van der Waals surface area contributed by atoms with E-state index < -0.39 is 27.8 Å². The molecule has 2 rings (SSSR count). The SMILES string of the molecule is Cc1cc(S(C)(=O)=O)ccc1[C@@H]1CNCCN1C(=O)[C@@H](CC(C)C)[C@H](O)C(=O)NO. The third kappa shape index (κ3) is 5.57. The molecule has 9 nitrogen and oxygen atoms in total. The van der Waals surface area contributed by atoms with E-state index in [-0.39, 0.29) is 29.2 Å². The first kappa shape index (κ1) is 24.3. The van der Waals surface area contributed by atoms with Crippen molar-refractivity contribution in [1.82, 2.24) is 15.7 Å². The summed E-state index contributed by atoms with van der Waals surface area (Å²) in [5, 5.41) is 22.5. The Morgan fingerprint density at radius 3 is 2.53 bits per heavy atom. The first-order valence-electron chi connectivity index (χ1n) is 9.91. The molecule has 4 N–H and O–H groups in total. The molecule has 2 amide bonds. The second-order valence-corrected chi connectivity index (χ2v) is 10.2. The maximum absolute atomic E-state index is 13.4. The Labute approximate surface area is 177 Å². The number of carbonyl (C=O) groups excluding carboxylic acids is 2. The van der Waals surface area contributed by atoms with Gasteiger partial charge >= 0.3 is 0 Å². The fourth-order valence-electron chi connectivity index (χ4n) is 3.83. The number of sulfone groups is 1. The van der Waals surface area contributed by atoms with Gasteiger partial charge in [0.25, 0.3) is 5.91 Å². The molecule has 1 aliphatic heterocycles. The van der Waals surface area contributed by atoms with Gasteiger partial charge in [-0.1, -0.05) is 19.9 Å². The fourth-order valence-corrected chi connectivity index (χ4v) is 4.54. The summed E-state index contributed by atoms with van der Waals surface area (Å²) in [6.07, 6.45) is -0.256. The van der Waals surface area contributed by atoms with Crippen molar-refractivity contribution in [2.24, 2.45) is 11.8 Å². The number of hydrogen-bond donors (Lipinski definition) is 4. The zero-order chi connectivity index (χ0) is 22.6. The number of amides is 2. The van der Waals surface area contributed by atoms with Crippen molar-refractivity contribution >= 4 is 21.7 Å². The van der Waals surface area contributed by atoms with E-state index in [1.165, 1.54) is 11.5 Å². The van der Waals surface area contributed by atoms with Gasteiger partial charge in [-0.2, -0.15) is 0 Å². The monoisotopic (exact) mass is 441 g/mol. The van der Waals surface area contributed by atoms with E-state index in [4.69, 9.17) is 5.21 Å². The van der Waals surface area contributed by atoms with E-state index in [1.54, 1.807) is 24.0 Å². The second kappa shape index (κ2) is 9.86. The quantitative estimate of drug-likeness (QED) is 0.355. The highest BCUT2D eigenvalue weighted by molar-refractivity contribution is 7.90. The van der Waals surface area contributed by atoms with Crippen molar-refractivity contribution in [3.8, 4) is 0 Å². The van der Waals surface area contributed by atoms with Crippen molar-refractivity contribution in [3.63, 3.8) is 0 Å². The number of nitrogens with one attached hydrogen (secondary N) is 2. The molecule has 0 spiro atoms. The molecule has 1 aromatic carbocycles. The Kier molecular flexibility index (Phi) is 7.98. The summed E-state index contributed by atoms with van der Waals surface area (Å²) in [6.45, 7) is 6.95. The third-order valence-corrected chi connectivity index (χ3v) is 6.47. The highest BCUT2D eigenvalue weighted by Crippen LogP contribution is 2.30. The lowest BCUT2D eigenvalue weighted by atomic mass is 9.88. The molecule has 0 radical (unpaired) electrons. The largest absolute Gasteiger partial charge is 0.382 e. The molecular weight excluding hydrogens is 410 g/mol. The van der Waals surface area contributed by atoms with Crippen LogP contribution in [0.3, 0.4) is 0 Å². The molecule has 0 unspecified atom stereocenters. The molecule has 30 heavy (non-hydrogen) atoms. The highest BCUT2D eigenvalue weighted by Gasteiger charge is 2.39. The summed E-state index contributed by atoms with van der Waals surface area (Å²) in [7, 11) is -3.35. The Bertz CT molecular complexity index is 887. The van der Waals surface area contributed by atoms with Crippen molar-refractivity contribution in [3.05, 3.63) is 29.3 Å². The first-order chi connectivity index (χ1) is 14.0. The van der Waals surface area contributed by atoms with Crippen molar-refractivity contribution in [2.75, 3.05) is 25.9 Å². The Balaban J connectivity index is 2.40. The van der Waals surface area contributed by atoms with Crippen LogP contribution in [0.2, 0.25) is 0 Å². The molecule has 1 saturated heterocycles. The maximum atomic E-state index is 13.4. The van der Waals surface area contributed by atoms with Gasteiger partial charge in [-0.25, -0.2) is 13.9 Å². The lowest BCUT2D eigenvalue weighted by molar-refractivity contribution is -0.153. The number of carbonyl (C=O) groups is 2. The van der Waals surface area contributed by atoms with E-state index in [0.717, 1.165) is 17.4 Å². The topological polar surface area (TPSA) is 136 Å². The van der Waals surface area contributed by atoms with E-state index in [9.17, 15) is 23.1 Å². The summed E-state index contributed by atoms with van der Waals surface area (Å²) in [5.74, 6) is -2.36. The smallest absolute Gasteiger partial charge is 0.272 e. The van der Waals surface area contributed by atoms with Crippen LogP contribution in [0.5, 0.6) is 0 Å². The van der Waals surface area contributed by atoms with Crippen LogP contribution in [0.4, 0.5) is 0 Å². The minimum atomic E-state index is -3.35. The van der Waals surface area contributed by atoms with Gasteiger partial charge in [0.1, 0.15) is 6.10 Å². The number of nitrogens with zero attached hydrogens (tertiary/aromatic N) is 1. The minimum Gasteiger partial charge on any atom is -0.382 e. The van der Waals surface area contributed by atoms with Gasteiger partial charge in [0.2, 0.25) is 5.91 Å². The molecule has 168 valence electrons. The Morgan fingerprint density at radius 1 is 1.33 bits per heavy atom. The molecule has 1 heterocycles. The number of hydroxylamine groups is 1. The minimum absolute atomic E-state index is 0.0391. The van der Waals surface area contributed by atoms with Crippen LogP contribution in [-0.4, -0.2) is 67.4 Å². The van der Waals surface area contributed by atoms with E-state index in [0.29, 0.717) is 19.6 Å². The van der Waals surface area contributed by atoms with E-state index in [2.05, 4.69) is 5.32 Å². The lowest BCUT2D eigenvalue weighted by Crippen LogP contribution is -2.54. The predicted octanol–water partition coefficient (Wildman–Crippen LogP) is 0.400. The molecule has 10 heteroatoms. The molecule has 3 atom stereocenters. The van der Waals surface area contributed by atoms with Gasteiger partial charge in [-0.3, -0.25) is 14.8 Å². The molecule has 0 saturated carbocycles. The van der Waals surface area contributed by atoms with Crippen molar-refractivity contribution < 1.29 is 28.3 Å². The predicted molar refractivity (Wildman–Crippen MR) is 110 cm³/mol. The van der Waals surface area contributed by atoms with E-state index >= 15 is 0 Å². The third-order valence-electron chi connectivity index (χ3n) is 5.36. The molecule has 1 fully saturated rings. The zero-order valence-corrected chi connectivity index (χ0v) is 18.6. The average Bonchev–Trinajstić information content (AvgIpc) is 2.69. The van der Waals surface area contributed by atoms with Crippen LogP contribution in [-0.2, 0) is 19.4 Å². The Hall–Kier alpha value is -2.01. The summed E-state index contributed by atoms with van der Waals surface area (Å²) in [4.78, 5) is 27.0. The number of aliphatic hydroxyl groups is 1. The summed E-state index contributed by atoms with van der Waals surface area (Å²) in [6, 6.07) is 4.44. The van der Waals surface area contributed by atoms with E-state index in [1.807, 2.05) is 13.8 Å².